The van der Waals surface area contributed by atoms with Gasteiger partial charge in [-0.15, -0.1) is 0 Å². The van der Waals surface area contributed by atoms with E-state index in [1.54, 1.807) is 0 Å². The summed E-state index contributed by atoms with van der Waals surface area (Å²) in [6, 6.07) is -1.94. The molecule has 0 spiro atoms. The van der Waals surface area contributed by atoms with Gasteiger partial charge in [0, 0.05) is 13.2 Å². The Morgan fingerprint density at radius 3 is 2.68 bits per heavy atom. The maximum Gasteiger partial charge on any atom is 0.326 e. The SMILES string of the molecule is NC(=O)C[C@@H](NC(=O)NCCC1CCCO1)C(=O)O. The van der Waals surface area contributed by atoms with E-state index in [4.69, 9.17) is 15.6 Å². The Hall–Kier alpha value is -1.83. The Morgan fingerprint density at radius 2 is 2.16 bits per heavy atom. The van der Waals surface area contributed by atoms with Gasteiger partial charge in [-0.1, -0.05) is 0 Å². The molecule has 1 rings (SSSR count). The van der Waals surface area contributed by atoms with Gasteiger partial charge in [-0.25, -0.2) is 9.59 Å². The lowest BCUT2D eigenvalue weighted by atomic mass is 10.2. The molecule has 108 valence electrons. The van der Waals surface area contributed by atoms with Crippen molar-refractivity contribution in [3.8, 4) is 0 Å². The number of nitrogens with two attached hydrogens (primary N) is 1. The molecule has 1 saturated heterocycles. The second-order valence-electron chi connectivity index (χ2n) is 4.39. The first-order valence-corrected chi connectivity index (χ1v) is 6.16. The van der Waals surface area contributed by atoms with Gasteiger partial charge in [0.25, 0.3) is 0 Å². The largest absolute Gasteiger partial charge is 0.480 e. The summed E-state index contributed by atoms with van der Waals surface area (Å²) in [7, 11) is 0. The van der Waals surface area contributed by atoms with Gasteiger partial charge in [-0.3, -0.25) is 4.79 Å². The molecule has 0 saturated carbocycles. The fourth-order valence-electron chi connectivity index (χ4n) is 1.83. The quantitative estimate of drug-likeness (QED) is 0.481. The first-order valence-electron chi connectivity index (χ1n) is 6.16. The summed E-state index contributed by atoms with van der Waals surface area (Å²) in [5.41, 5.74) is 4.90. The van der Waals surface area contributed by atoms with Crippen molar-refractivity contribution in [2.24, 2.45) is 5.73 Å². The summed E-state index contributed by atoms with van der Waals surface area (Å²) in [6.07, 6.45) is 2.40. The van der Waals surface area contributed by atoms with Gasteiger partial charge < -0.3 is 26.2 Å². The molecule has 5 N–H and O–H groups in total. The summed E-state index contributed by atoms with van der Waals surface area (Å²) < 4.78 is 5.38. The fourth-order valence-corrected chi connectivity index (χ4v) is 1.83. The van der Waals surface area contributed by atoms with Crippen molar-refractivity contribution in [1.82, 2.24) is 10.6 Å². The zero-order valence-corrected chi connectivity index (χ0v) is 10.6. The minimum atomic E-state index is -1.31. The maximum atomic E-state index is 11.4. The third kappa shape index (κ3) is 6.05. The molecular formula is C11H19N3O5. The van der Waals surface area contributed by atoms with Crippen molar-refractivity contribution < 1.29 is 24.2 Å². The average molecular weight is 273 g/mol. The Balaban J connectivity index is 2.23. The van der Waals surface area contributed by atoms with Gasteiger partial charge in [0.2, 0.25) is 5.91 Å². The molecule has 0 bridgehead atoms. The van der Waals surface area contributed by atoms with Crippen molar-refractivity contribution in [1.29, 1.82) is 0 Å². The number of primary amides is 1. The van der Waals surface area contributed by atoms with E-state index in [1.165, 1.54) is 0 Å². The average Bonchev–Trinajstić information content (AvgIpc) is 2.80. The zero-order chi connectivity index (χ0) is 14.3. The molecule has 0 aromatic rings. The third-order valence-electron chi connectivity index (χ3n) is 2.78. The molecular weight excluding hydrogens is 254 g/mol. The Bertz CT molecular complexity index is 341. The molecule has 0 aromatic heterocycles. The highest BCUT2D eigenvalue weighted by molar-refractivity contribution is 5.87. The lowest BCUT2D eigenvalue weighted by Crippen LogP contribution is -2.48. The number of rotatable bonds is 7. The highest BCUT2D eigenvalue weighted by Gasteiger charge is 2.22. The zero-order valence-electron chi connectivity index (χ0n) is 10.6. The second-order valence-corrected chi connectivity index (χ2v) is 4.39. The predicted octanol–water partition coefficient (Wildman–Crippen LogP) is -0.817. The number of urea groups is 1. The van der Waals surface area contributed by atoms with Gasteiger partial charge in [0.05, 0.1) is 12.5 Å². The molecule has 1 aliphatic heterocycles. The molecule has 1 fully saturated rings. The van der Waals surface area contributed by atoms with E-state index in [0.29, 0.717) is 13.0 Å². The lowest BCUT2D eigenvalue weighted by molar-refractivity contribution is -0.140. The van der Waals surface area contributed by atoms with Gasteiger partial charge in [-0.2, -0.15) is 0 Å². The maximum absolute atomic E-state index is 11.4. The second kappa shape index (κ2) is 7.57. The summed E-state index contributed by atoms with van der Waals surface area (Å²) >= 11 is 0. The molecule has 1 unspecified atom stereocenters. The van der Waals surface area contributed by atoms with E-state index in [0.717, 1.165) is 19.4 Å². The van der Waals surface area contributed by atoms with E-state index in [1.807, 2.05) is 0 Å². The smallest absolute Gasteiger partial charge is 0.326 e. The van der Waals surface area contributed by atoms with Crippen molar-refractivity contribution in [2.75, 3.05) is 13.2 Å². The van der Waals surface area contributed by atoms with Crippen molar-refractivity contribution >= 4 is 17.9 Å². The first-order chi connectivity index (χ1) is 8.99. The number of carbonyl (C=O) groups is 3. The van der Waals surface area contributed by atoms with E-state index >= 15 is 0 Å². The minimum absolute atomic E-state index is 0.154. The van der Waals surface area contributed by atoms with E-state index in [2.05, 4.69) is 10.6 Å². The van der Waals surface area contributed by atoms with E-state index < -0.39 is 30.4 Å². The third-order valence-corrected chi connectivity index (χ3v) is 2.78. The molecule has 2 atom stereocenters. The number of carboxylic acids is 1. The molecule has 3 amide bonds. The highest BCUT2D eigenvalue weighted by atomic mass is 16.5. The van der Waals surface area contributed by atoms with Crippen LogP contribution in [-0.4, -0.2) is 48.3 Å². The predicted molar refractivity (Wildman–Crippen MR) is 65.4 cm³/mol. The van der Waals surface area contributed by atoms with Crippen molar-refractivity contribution in [2.45, 2.75) is 37.8 Å². The molecule has 8 nitrogen and oxygen atoms in total. The monoisotopic (exact) mass is 273 g/mol. The van der Waals surface area contributed by atoms with Crippen LogP contribution in [0, 0.1) is 0 Å². The van der Waals surface area contributed by atoms with Crippen LogP contribution in [0.25, 0.3) is 0 Å². The van der Waals surface area contributed by atoms with Crippen molar-refractivity contribution in [3.63, 3.8) is 0 Å². The van der Waals surface area contributed by atoms with Gasteiger partial charge in [0.1, 0.15) is 6.04 Å². The van der Waals surface area contributed by atoms with Gasteiger partial charge >= 0.3 is 12.0 Å². The fraction of sp³-hybridized carbons (Fsp3) is 0.727. The van der Waals surface area contributed by atoms with Crippen LogP contribution < -0.4 is 16.4 Å². The van der Waals surface area contributed by atoms with Gasteiger partial charge in [-0.05, 0) is 19.3 Å². The number of carboxylic acid groups (broad SMARTS) is 1. The molecule has 19 heavy (non-hydrogen) atoms. The number of hydrogen-bond donors (Lipinski definition) is 4. The molecule has 0 radical (unpaired) electrons. The van der Waals surface area contributed by atoms with Crippen molar-refractivity contribution in [3.05, 3.63) is 0 Å². The summed E-state index contributed by atoms with van der Waals surface area (Å²) in [6.45, 7) is 1.13. The van der Waals surface area contributed by atoms with Crippen LogP contribution in [0.1, 0.15) is 25.7 Å². The summed E-state index contributed by atoms with van der Waals surface area (Å²) in [4.78, 5) is 32.9. The molecule has 0 aromatic carbocycles. The molecule has 1 heterocycles. The van der Waals surface area contributed by atoms with Crippen LogP contribution in [-0.2, 0) is 14.3 Å². The van der Waals surface area contributed by atoms with E-state index in [-0.39, 0.29) is 6.10 Å². The Kier molecular flexibility index (Phi) is 6.07. The number of aliphatic carboxylic acids is 1. The van der Waals surface area contributed by atoms with E-state index in [9.17, 15) is 14.4 Å². The number of hydrogen-bond acceptors (Lipinski definition) is 4. The topological polar surface area (TPSA) is 131 Å². The van der Waals surface area contributed by atoms with Gasteiger partial charge in [0.15, 0.2) is 0 Å². The lowest BCUT2D eigenvalue weighted by Gasteiger charge is -2.14. The number of ether oxygens (including phenoxy) is 1. The molecule has 0 aliphatic carbocycles. The normalized spacial score (nSPS) is 19.7. The first kappa shape index (κ1) is 15.2. The summed E-state index contributed by atoms with van der Waals surface area (Å²) in [5.74, 6) is -2.08. The Labute approximate surface area is 110 Å². The van der Waals surface area contributed by atoms with Crippen LogP contribution in [0.3, 0.4) is 0 Å². The number of amides is 3. The van der Waals surface area contributed by atoms with Crippen LogP contribution in [0.2, 0.25) is 0 Å². The number of carbonyl (C=O) groups excluding carboxylic acids is 2. The minimum Gasteiger partial charge on any atom is -0.480 e. The van der Waals surface area contributed by atoms with Crippen LogP contribution in [0.15, 0.2) is 0 Å². The Morgan fingerprint density at radius 1 is 1.42 bits per heavy atom. The molecule has 8 heteroatoms. The van der Waals surface area contributed by atoms with Crippen LogP contribution in [0.5, 0.6) is 0 Å². The van der Waals surface area contributed by atoms with Crippen LogP contribution in [0.4, 0.5) is 4.79 Å². The standard InChI is InChI=1S/C11H19N3O5/c12-9(15)6-8(10(16)17)14-11(18)13-4-3-7-2-1-5-19-7/h7-8H,1-6H2,(H2,12,15)(H,16,17)(H2,13,14,18)/t7?,8-/m1/s1. The molecule has 1 aliphatic rings. The highest BCUT2D eigenvalue weighted by Crippen LogP contribution is 2.14. The summed E-state index contributed by atoms with van der Waals surface area (Å²) in [5, 5.41) is 13.5. The van der Waals surface area contributed by atoms with Crippen LogP contribution >= 0.6 is 0 Å². The number of nitrogens with one attached hydrogen (secondary N) is 2.